The maximum absolute atomic E-state index is 4.32. The Morgan fingerprint density at radius 3 is 2.82 bits per heavy atom. The lowest BCUT2D eigenvalue weighted by Gasteiger charge is -2.15. The molecule has 1 N–H and O–H groups in total. The summed E-state index contributed by atoms with van der Waals surface area (Å²) in [5.41, 5.74) is 2.38. The highest BCUT2D eigenvalue weighted by Crippen LogP contribution is 2.13. The quantitative estimate of drug-likeness (QED) is 0.728. The van der Waals surface area contributed by atoms with Gasteiger partial charge in [-0.3, -0.25) is 0 Å². The molecule has 1 atom stereocenters. The third kappa shape index (κ3) is 3.62. The summed E-state index contributed by atoms with van der Waals surface area (Å²) in [5.74, 6) is 0.547. The van der Waals surface area contributed by atoms with Crippen molar-refractivity contribution in [3.05, 3.63) is 67.0 Å². The number of para-hydroxylation sites is 1. The van der Waals surface area contributed by atoms with Crippen molar-refractivity contribution in [2.24, 2.45) is 5.92 Å². The summed E-state index contributed by atoms with van der Waals surface area (Å²) >= 11 is 0. The van der Waals surface area contributed by atoms with Crippen LogP contribution in [0.2, 0.25) is 0 Å². The van der Waals surface area contributed by atoms with Gasteiger partial charge < -0.3 is 9.88 Å². The fourth-order valence-electron chi connectivity index (χ4n) is 2.57. The molecule has 3 aromatic rings. The third-order valence-corrected chi connectivity index (χ3v) is 3.63. The minimum absolute atomic E-state index is 0.547. The molecule has 0 fully saturated rings. The molecule has 0 aliphatic carbocycles. The molecular formula is C17H21N5. The maximum Gasteiger partial charge on any atom is 0.0946 e. The van der Waals surface area contributed by atoms with Crippen LogP contribution >= 0.6 is 0 Å². The highest BCUT2D eigenvalue weighted by molar-refractivity contribution is 5.40. The number of nitrogens with one attached hydrogen (secondary N) is 1. The second-order valence-electron chi connectivity index (χ2n) is 5.57. The Morgan fingerprint density at radius 2 is 2.05 bits per heavy atom. The topological polar surface area (TPSA) is 47.7 Å². The predicted molar refractivity (Wildman–Crippen MR) is 86.7 cm³/mol. The molecule has 0 bridgehead atoms. The van der Waals surface area contributed by atoms with Crippen molar-refractivity contribution >= 4 is 0 Å². The Bertz CT molecular complexity index is 673. The number of benzene rings is 1. The van der Waals surface area contributed by atoms with E-state index in [1.54, 1.807) is 6.20 Å². The summed E-state index contributed by atoms with van der Waals surface area (Å²) in [7, 11) is 0. The first-order chi connectivity index (χ1) is 10.8. The average molecular weight is 295 g/mol. The summed E-state index contributed by atoms with van der Waals surface area (Å²) in [4.78, 5) is 4.08. The van der Waals surface area contributed by atoms with E-state index in [9.17, 15) is 0 Å². The van der Waals surface area contributed by atoms with Gasteiger partial charge >= 0.3 is 0 Å². The Morgan fingerprint density at radius 1 is 1.14 bits per heavy atom. The molecule has 5 heteroatoms. The molecule has 0 saturated heterocycles. The van der Waals surface area contributed by atoms with Crippen LogP contribution in [0.25, 0.3) is 5.69 Å². The Labute approximate surface area is 130 Å². The lowest BCUT2D eigenvalue weighted by molar-refractivity contribution is 0.444. The van der Waals surface area contributed by atoms with Gasteiger partial charge in [0.05, 0.1) is 12.0 Å². The largest absolute Gasteiger partial charge is 0.337 e. The van der Waals surface area contributed by atoms with Crippen molar-refractivity contribution < 1.29 is 0 Å². The summed E-state index contributed by atoms with van der Waals surface area (Å²) < 4.78 is 4.02. The summed E-state index contributed by atoms with van der Waals surface area (Å²) in [6, 6.07) is 10.3. The Hall–Kier alpha value is -2.40. The number of imidazole rings is 1. The number of hydrogen-bond acceptors (Lipinski definition) is 3. The van der Waals surface area contributed by atoms with Gasteiger partial charge in [0.1, 0.15) is 0 Å². The van der Waals surface area contributed by atoms with Gasteiger partial charge in [0.15, 0.2) is 0 Å². The minimum Gasteiger partial charge on any atom is -0.337 e. The maximum atomic E-state index is 4.32. The van der Waals surface area contributed by atoms with E-state index in [2.05, 4.69) is 45.1 Å². The number of aromatic nitrogens is 4. The monoisotopic (exact) mass is 295 g/mol. The number of hydrogen-bond donors (Lipinski definition) is 1. The zero-order valence-electron chi connectivity index (χ0n) is 12.8. The molecule has 0 aliphatic rings. The van der Waals surface area contributed by atoms with Crippen molar-refractivity contribution in [1.82, 2.24) is 24.6 Å². The first-order valence-electron chi connectivity index (χ1n) is 7.57. The highest BCUT2D eigenvalue weighted by atomic mass is 15.3. The van der Waals surface area contributed by atoms with E-state index in [1.165, 1.54) is 5.56 Å². The molecule has 5 nitrogen and oxygen atoms in total. The van der Waals surface area contributed by atoms with E-state index in [0.29, 0.717) is 5.92 Å². The van der Waals surface area contributed by atoms with Crippen LogP contribution in [0, 0.1) is 5.92 Å². The Kier molecular flexibility index (Phi) is 4.65. The van der Waals surface area contributed by atoms with Crippen LogP contribution in [0.1, 0.15) is 12.5 Å². The van der Waals surface area contributed by atoms with Gasteiger partial charge in [-0.2, -0.15) is 5.10 Å². The van der Waals surface area contributed by atoms with Crippen molar-refractivity contribution in [2.45, 2.75) is 20.0 Å². The van der Waals surface area contributed by atoms with Crippen LogP contribution in [0.3, 0.4) is 0 Å². The van der Waals surface area contributed by atoms with E-state index in [0.717, 1.165) is 25.3 Å². The SMILES string of the molecule is C[C@@H](CNCc1ccccc1-n1cccn1)Cn1ccnc1. The van der Waals surface area contributed by atoms with Crippen molar-refractivity contribution in [3.63, 3.8) is 0 Å². The molecule has 2 heterocycles. The zero-order valence-corrected chi connectivity index (χ0v) is 12.8. The number of nitrogens with zero attached hydrogens (tertiary/aromatic N) is 4. The van der Waals surface area contributed by atoms with Crippen LogP contribution < -0.4 is 5.32 Å². The third-order valence-electron chi connectivity index (χ3n) is 3.63. The van der Waals surface area contributed by atoms with E-state index < -0.39 is 0 Å². The average Bonchev–Trinajstić information content (AvgIpc) is 3.21. The smallest absolute Gasteiger partial charge is 0.0946 e. The van der Waals surface area contributed by atoms with Crippen LogP contribution in [0.5, 0.6) is 0 Å². The summed E-state index contributed by atoms with van der Waals surface area (Å²) in [5, 5.41) is 7.86. The van der Waals surface area contributed by atoms with Gasteiger partial charge in [-0.15, -0.1) is 0 Å². The highest BCUT2D eigenvalue weighted by Gasteiger charge is 2.06. The molecule has 3 rings (SSSR count). The second kappa shape index (κ2) is 7.04. The van der Waals surface area contributed by atoms with Crippen molar-refractivity contribution in [3.8, 4) is 5.69 Å². The fraction of sp³-hybridized carbons (Fsp3) is 0.294. The van der Waals surface area contributed by atoms with Gasteiger partial charge in [-0.05, 0) is 30.2 Å². The molecule has 0 saturated carbocycles. The molecule has 1 aromatic carbocycles. The van der Waals surface area contributed by atoms with Gasteiger partial charge in [0.25, 0.3) is 0 Å². The van der Waals surface area contributed by atoms with Crippen LogP contribution in [0.15, 0.2) is 61.4 Å². The molecular weight excluding hydrogens is 274 g/mol. The number of rotatable bonds is 7. The minimum atomic E-state index is 0.547. The molecule has 114 valence electrons. The first-order valence-corrected chi connectivity index (χ1v) is 7.57. The van der Waals surface area contributed by atoms with Gasteiger partial charge in [-0.1, -0.05) is 25.1 Å². The standard InChI is InChI=1S/C17H21N5/c1-15(13-21-10-8-18-14-21)11-19-12-16-5-2-3-6-17(16)22-9-4-7-20-22/h2-10,14-15,19H,11-13H2,1H3/t15-/m0/s1. The normalized spacial score (nSPS) is 12.4. The van der Waals surface area contributed by atoms with Gasteiger partial charge in [0, 0.05) is 37.9 Å². The van der Waals surface area contributed by atoms with Gasteiger partial charge in [-0.25, -0.2) is 9.67 Å². The van der Waals surface area contributed by atoms with Crippen LogP contribution in [-0.4, -0.2) is 25.9 Å². The van der Waals surface area contributed by atoms with E-state index in [4.69, 9.17) is 0 Å². The predicted octanol–water partition coefficient (Wildman–Crippen LogP) is 2.49. The lowest BCUT2D eigenvalue weighted by Crippen LogP contribution is -2.24. The second-order valence-corrected chi connectivity index (χ2v) is 5.57. The van der Waals surface area contributed by atoms with Gasteiger partial charge in [0.2, 0.25) is 0 Å². The first kappa shape index (κ1) is 14.5. The lowest BCUT2D eigenvalue weighted by atomic mass is 10.1. The molecule has 0 unspecified atom stereocenters. The molecule has 0 radical (unpaired) electrons. The Balaban J connectivity index is 1.56. The van der Waals surface area contributed by atoms with E-state index >= 15 is 0 Å². The molecule has 2 aromatic heterocycles. The van der Waals surface area contributed by atoms with Crippen molar-refractivity contribution in [1.29, 1.82) is 0 Å². The van der Waals surface area contributed by atoms with Crippen LogP contribution in [-0.2, 0) is 13.1 Å². The fourth-order valence-corrected chi connectivity index (χ4v) is 2.57. The zero-order chi connectivity index (χ0) is 15.2. The molecule has 0 aliphatic heterocycles. The summed E-state index contributed by atoms with van der Waals surface area (Å²) in [6.07, 6.45) is 9.46. The van der Waals surface area contributed by atoms with Crippen LogP contribution in [0.4, 0.5) is 0 Å². The van der Waals surface area contributed by atoms with E-state index in [1.807, 2.05) is 41.7 Å². The summed E-state index contributed by atoms with van der Waals surface area (Å²) in [6.45, 7) is 5.02. The van der Waals surface area contributed by atoms with E-state index in [-0.39, 0.29) is 0 Å². The molecule has 0 spiro atoms. The molecule has 0 amide bonds. The van der Waals surface area contributed by atoms with Crippen molar-refractivity contribution in [2.75, 3.05) is 6.54 Å². The molecule has 22 heavy (non-hydrogen) atoms.